The summed E-state index contributed by atoms with van der Waals surface area (Å²) in [6.07, 6.45) is 2.99. The molecule has 0 spiro atoms. The first-order chi connectivity index (χ1) is 8.13. The predicted molar refractivity (Wildman–Crippen MR) is 61.9 cm³/mol. The van der Waals surface area contributed by atoms with E-state index in [9.17, 15) is 9.59 Å². The maximum Gasteiger partial charge on any atom is 0.328 e. The van der Waals surface area contributed by atoms with Crippen molar-refractivity contribution in [1.82, 2.24) is 9.88 Å². The predicted octanol–water partition coefficient (Wildman–Crippen LogP) is 1.45. The Balaban J connectivity index is 2.16. The van der Waals surface area contributed by atoms with Crippen molar-refractivity contribution in [3.8, 4) is 0 Å². The van der Waals surface area contributed by atoms with Gasteiger partial charge in [-0.2, -0.15) is 0 Å². The fourth-order valence-corrected chi connectivity index (χ4v) is 2.20. The van der Waals surface area contributed by atoms with Gasteiger partial charge in [-0.15, -0.1) is 0 Å². The van der Waals surface area contributed by atoms with Crippen molar-refractivity contribution >= 4 is 23.5 Å². The third-order valence-electron chi connectivity index (χ3n) is 2.87. The Kier molecular flexibility index (Phi) is 3.38. The van der Waals surface area contributed by atoms with Crippen molar-refractivity contribution in [3.63, 3.8) is 0 Å². The third kappa shape index (κ3) is 2.29. The lowest BCUT2D eigenvalue weighted by Gasteiger charge is -2.21. The summed E-state index contributed by atoms with van der Waals surface area (Å²) < 4.78 is 4.69. The van der Waals surface area contributed by atoms with Gasteiger partial charge in [-0.3, -0.25) is 4.79 Å². The molecule has 17 heavy (non-hydrogen) atoms. The molecule has 0 radical (unpaired) electrons. The van der Waals surface area contributed by atoms with Crippen LogP contribution in [0.3, 0.4) is 0 Å². The number of nitrogens with one attached hydrogen (secondary N) is 1. The van der Waals surface area contributed by atoms with E-state index in [1.54, 1.807) is 6.07 Å². The van der Waals surface area contributed by atoms with E-state index in [4.69, 9.17) is 11.6 Å². The highest BCUT2D eigenvalue weighted by molar-refractivity contribution is 6.31. The number of ether oxygens (including phenoxy) is 1. The van der Waals surface area contributed by atoms with Gasteiger partial charge in [0.1, 0.15) is 11.7 Å². The van der Waals surface area contributed by atoms with Crippen molar-refractivity contribution in [2.45, 2.75) is 18.9 Å². The summed E-state index contributed by atoms with van der Waals surface area (Å²) in [5.74, 6) is -0.585. The SMILES string of the molecule is COC(=O)C1CCCN1C(=O)c1cc(Cl)c[nH]1. The largest absolute Gasteiger partial charge is 0.467 e. The number of carbonyl (C=O) groups excluding carboxylic acids is 2. The van der Waals surface area contributed by atoms with Crippen LogP contribution in [0.4, 0.5) is 0 Å². The van der Waals surface area contributed by atoms with Gasteiger partial charge in [-0.05, 0) is 18.9 Å². The molecule has 1 aromatic rings. The molecule has 1 atom stereocenters. The van der Waals surface area contributed by atoms with E-state index in [-0.39, 0.29) is 11.9 Å². The number of nitrogens with zero attached hydrogens (tertiary/aromatic N) is 1. The number of hydrogen-bond donors (Lipinski definition) is 1. The number of methoxy groups -OCH3 is 1. The smallest absolute Gasteiger partial charge is 0.328 e. The molecule has 0 aromatic carbocycles. The molecule has 1 amide bonds. The number of hydrogen-bond acceptors (Lipinski definition) is 3. The van der Waals surface area contributed by atoms with E-state index in [2.05, 4.69) is 9.72 Å². The van der Waals surface area contributed by atoms with Gasteiger partial charge in [0.15, 0.2) is 0 Å². The average Bonchev–Trinajstić information content (AvgIpc) is 2.95. The summed E-state index contributed by atoms with van der Waals surface area (Å²) in [7, 11) is 1.33. The second-order valence-electron chi connectivity index (χ2n) is 3.91. The highest BCUT2D eigenvalue weighted by Crippen LogP contribution is 2.21. The second-order valence-corrected chi connectivity index (χ2v) is 4.35. The minimum absolute atomic E-state index is 0.218. The summed E-state index contributed by atoms with van der Waals surface area (Å²) in [4.78, 5) is 27.9. The number of carbonyl (C=O) groups is 2. The van der Waals surface area contributed by atoms with Crippen molar-refractivity contribution in [2.75, 3.05) is 13.7 Å². The van der Waals surface area contributed by atoms with Crippen LogP contribution in [0.25, 0.3) is 0 Å². The van der Waals surface area contributed by atoms with Crippen molar-refractivity contribution in [1.29, 1.82) is 0 Å². The molecule has 1 unspecified atom stereocenters. The lowest BCUT2D eigenvalue weighted by molar-refractivity contribution is -0.145. The number of aromatic amines is 1. The van der Waals surface area contributed by atoms with Gasteiger partial charge in [-0.1, -0.05) is 11.6 Å². The molecule has 5 nitrogen and oxygen atoms in total. The van der Waals surface area contributed by atoms with Gasteiger partial charge in [0.05, 0.1) is 12.1 Å². The van der Waals surface area contributed by atoms with Crippen LogP contribution in [0.5, 0.6) is 0 Å². The molecular formula is C11H13ClN2O3. The molecule has 1 saturated heterocycles. The molecule has 0 saturated carbocycles. The van der Waals surface area contributed by atoms with Crippen molar-refractivity contribution < 1.29 is 14.3 Å². The van der Waals surface area contributed by atoms with E-state index in [0.717, 1.165) is 6.42 Å². The molecule has 6 heteroatoms. The molecule has 2 rings (SSSR count). The normalized spacial score (nSPS) is 19.4. The summed E-state index contributed by atoms with van der Waals surface area (Å²) in [5.41, 5.74) is 0.394. The van der Waals surface area contributed by atoms with Gasteiger partial charge in [0, 0.05) is 12.7 Å². The Hall–Kier alpha value is -1.49. The lowest BCUT2D eigenvalue weighted by atomic mass is 10.2. The minimum atomic E-state index is -0.477. The van der Waals surface area contributed by atoms with Crippen LogP contribution in [0.1, 0.15) is 23.3 Å². The van der Waals surface area contributed by atoms with Crippen molar-refractivity contribution in [2.24, 2.45) is 0 Å². The Labute approximate surface area is 104 Å². The molecule has 1 N–H and O–H groups in total. The van der Waals surface area contributed by atoms with Crippen LogP contribution in [-0.4, -0.2) is 41.5 Å². The average molecular weight is 257 g/mol. The number of rotatable bonds is 2. The molecule has 1 aliphatic rings. The second kappa shape index (κ2) is 4.79. The van der Waals surface area contributed by atoms with Gasteiger partial charge in [-0.25, -0.2) is 4.79 Å². The van der Waals surface area contributed by atoms with Gasteiger partial charge in [0.25, 0.3) is 5.91 Å². The number of aromatic nitrogens is 1. The molecule has 2 heterocycles. The first kappa shape index (κ1) is 12.0. The summed E-state index contributed by atoms with van der Waals surface area (Å²) >= 11 is 5.74. The topological polar surface area (TPSA) is 62.4 Å². The van der Waals surface area contributed by atoms with Gasteiger partial charge >= 0.3 is 5.97 Å². The van der Waals surface area contributed by atoms with Crippen LogP contribution in [0.2, 0.25) is 5.02 Å². The molecule has 1 aliphatic heterocycles. The monoisotopic (exact) mass is 256 g/mol. The number of halogens is 1. The quantitative estimate of drug-likeness (QED) is 0.815. The van der Waals surface area contributed by atoms with E-state index in [1.807, 2.05) is 0 Å². The number of likely N-dealkylation sites (tertiary alicyclic amines) is 1. The first-order valence-corrected chi connectivity index (χ1v) is 5.74. The molecule has 1 aromatic heterocycles. The zero-order chi connectivity index (χ0) is 12.4. The number of esters is 1. The zero-order valence-electron chi connectivity index (χ0n) is 9.40. The lowest BCUT2D eigenvalue weighted by Crippen LogP contribution is -2.41. The maximum absolute atomic E-state index is 12.1. The van der Waals surface area contributed by atoms with E-state index < -0.39 is 6.04 Å². The molecule has 92 valence electrons. The molecular weight excluding hydrogens is 244 g/mol. The summed E-state index contributed by atoms with van der Waals surface area (Å²) in [5, 5.41) is 0.474. The first-order valence-electron chi connectivity index (χ1n) is 5.36. The van der Waals surface area contributed by atoms with Gasteiger partial charge in [0.2, 0.25) is 0 Å². The zero-order valence-corrected chi connectivity index (χ0v) is 10.2. The van der Waals surface area contributed by atoms with Crippen molar-refractivity contribution in [3.05, 3.63) is 23.0 Å². The van der Waals surface area contributed by atoms with Crippen LogP contribution in [0.15, 0.2) is 12.3 Å². The van der Waals surface area contributed by atoms with Crippen LogP contribution in [-0.2, 0) is 9.53 Å². The van der Waals surface area contributed by atoms with Crippen LogP contribution in [0, 0.1) is 0 Å². The molecule has 0 aliphatic carbocycles. The van der Waals surface area contributed by atoms with E-state index >= 15 is 0 Å². The maximum atomic E-state index is 12.1. The third-order valence-corrected chi connectivity index (χ3v) is 3.08. The highest BCUT2D eigenvalue weighted by Gasteiger charge is 2.35. The Bertz CT molecular complexity index is 444. The fraction of sp³-hybridized carbons (Fsp3) is 0.455. The molecule has 1 fully saturated rings. The summed E-state index contributed by atoms with van der Waals surface area (Å²) in [6, 6.07) is 1.07. The fourth-order valence-electron chi connectivity index (χ4n) is 2.04. The molecule has 0 bridgehead atoms. The standard InChI is InChI=1S/C11H13ClN2O3/c1-17-11(16)9-3-2-4-14(9)10(15)8-5-7(12)6-13-8/h5-6,9,13H,2-4H2,1H3. The Morgan fingerprint density at radius 3 is 2.94 bits per heavy atom. The van der Waals surface area contributed by atoms with E-state index in [0.29, 0.717) is 23.7 Å². The van der Waals surface area contributed by atoms with Crippen LogP contribution < -0.4 is 0 Å². The highest BCUT2D eigenvalue weighted by atomic mass is 35.5. The van der Waals surface area contributed by atoms with Crippen LogP contribution >= 0.6 is 11.6 Å². The Morgan fingerprint density at radius 1 is 1.59 bits per heavy atom. The Morgan fingerprint density at radius 2 is 2.35 bits per heavy atom. The minimum Gasteiger partial charge on any atom is -0.467 e. The number of H-pyrrole nitrogens is 1. The summed E-state index contributed by atoms with van der Waals surface area (Å²) in [6.45, 7) is 0.565. The van der Waals surface area contributed by atoms with E-state index in [1.165, 1.54) is 18.2 Å². The van der Waals surface area contributed by atoms with Gasteiger partial charge < -0.3 is 14.6 Å². The number of amides is 1.